The first-order valence-electron chi connectivity index (χ1n) is 20.3. The highest BCUT2D eigenvalue weighted by molar-refractivity contribution is 6.31. The van der Waals surface area contributed by atoms with Crippen LogP contribution in [-0.2, 0) is 9.59 Å². The molecule has 0 spiro atoms. The van der Waals surface area contributed by atoms with Crippen LogP contribution in [0.2, 0.25) is 5.02 Å². The molecule has 2 saturated carbocycles. The number of carbonyl (C=O) groups is 5. The van der Waals surface area contributed by atoms with Crippen LogP contribution in [0.5, 0.6) is 5.75 Å². The third-order valence-electron chi connectivity index (χ3n) is 13.7. The maximum atomic E-state index is 15.5. The number of halogens is 2. The Kier molecular flexibility index (Phi) is 9.62. The fourth-order valence-corrected chi connectivity index (χ4v) is 10.9. The number of anilines is 2. The summed E-state index contributed by atoms with van der Waals surface area (Å²) in [6.07, 6.45) is 3.01. The first-order chi connectivity index (χ1) is 28.6. The zero-order valence-corrected chi connectivity index (χ0v) is 34.5. The van der Waals surface area contributed by atoms with Gasteiger partial charge in [-0.05, 0) is 48.4 Å². The lowest BCUT2D eigenvalue weighted by molar-refractivity contribution is -0.164. The molecular weight excluding hydrogens is 793 g/mol. The SMILES string of the molecule is CC1(C)C(NC(=O)c2cnc(N3C[C@@H]4C(CN5CCN(c6cc7c(cc6F)C(=O)N(C6CCC(=O)NC6=O)C7=O)CC5)[C@@H]4C3)cn2)C(C)(C)C1Oc1ccc(C#N)c(Cl)c1. The van der Waals surface area contributed by atoms with Crippen LogP contribution in [0.4, 0.5) is 15.9 Å². The van der Waals surface area contributed by atoms with Crippen molar-refractivity contribution in [2.24, 2.45) is 28.6 Å². The van der Waals surface area contributed by atoms with Gasteiger partial charge in [-0.2, -0.15) is 5.26 Å². The van der Waals surface area contributed by atoms with Gasteiger partial charge in [0.1, 0.15) is 41.3 Å². The lowest BCUT2D eigenvalue weighted by Crippen LogP contribution is -2.74. The van der Waals surface area contributed by atoms with Crippen molar-refractivity contribution in [2.75, 3.05) is 55.6 Å². The van der Waals surface area contributed by atoms with E-state index in [9.17, 15) is 29.2 Å². The summed E-state index contributed by atoms with van der Waals surface area (Å²) in [5.74, 6) is -0.549. The molecule has 4 aliphatic heterocycles. The van der Waals surface area contributed by atoms with Crippen LogP contribution in [0.1, 0.15) is 77.3 Å². The van der Waals surface area contributed by atoms with Gasteiger partial charge < -0.3 is 19.9 Å². The number of nitrogens with zero attached hydrogens (tertiary/aromatic N) is 7. The molecule has 2 unspecified atom stereocenters. The molecule has 5 fully saturated rings. The summed E-state index contributed by atoms with van der Waals surface area (Å²) < 4.78 is 21.8. The van der Waals surface area contributed by atoms with Crippen LogP contribution in [0.25, 0.3) is 0 Å². The van der Waals surface area contributed by atoms with Gasteiger partial charge in [0.15, 0.2) is 0 Å². The molecule has 5 amide bonds. The molecule has 3 saturated heterocycles. The van der Waals surface area contributed by atoms with Crippen LogP contribution in [0.15, 0.2) is 42.7 Å². The summed E-state index contributed by atoms with van der Waals surface area (Å²) in [6.45, 7) is 13.4. The Morgan fingerprint density at radius 2 is 1.65 bits per heavy atom. The van der Waals surface area contributed by atoms with Crippen LogP contribution in [0.3, 0.4) is 0 Å². The number of piperazine rings is 1. The van der Waals surface area contributed by atoms with Gasteiger partial charge in [0.05, 0.1) is 39.8 Å². The van der Waals surface area contributed by atoms with Crippen molar-refractivity contribution in [3.8, 4) is 11.8 Å². The van der Waals surface area contributed by atoms with Crippen molar-refractivity contribution in [3.63, 3.8) is 0 Å². The predicted molar refractivity (Wildman–Crippen MR) is 216 cm³/mol. The second kappa shape index (κ2) is 14.5. The molecular formula is C43H45ClFN9O6. The maximum Gasteiger partial charge on any atom is 0.271 e. The normalized spacial score (nSPS) is 27.8. The number of imide groups is 2. The van der Waals surface area contributed by atoms with E-state index in [1.165, 1.54) is 12.3 Å². The molecule has 15 nitrogen and oxygen atoms in total. The van der Waals surface area contributed by atoms with Gasteiger partial charge >= 0.3 is 0 Å². The molecule has 1 aromatic heterocycles. The minimum absolute atomic E-state index is 0.0113. The van der Waals surface area contributed by atoms with Crippen LogP contribution in [-0.4, -0.2) is 113 Å². The van der Waals surface area contributed by atoms with Crippen molar-refractivity contribution < 1.29 is 33.1 Å². The number of ether oxygens (including phenoxy) is 1. The smallest absolute Gasteiger partial charge is 0.271 e. The maximum absolute atomic E-state index is 15.5. The Morgan fingerprint density at radius 3 is 2.27 bits per heavy atom. The Labute approximate surface area is 351 Å². The molecule has 6 aliphatic rings. The van der Waals surface area contributed by atoms with Crippen LogP contribution < -0.4 is 25.2 Å². The van der Waals surface area contributed by atoms with E-state index in [1.54, 1.807) is 24.4 Å². The van der Waals surface area contributed by atoms with Crippen molar-refractivity contribution in [2.45, 2.75) is 58.7 Å². The minimum atomic E-state index is -1.11. The summed E-state index contributed by atoms with van der Waals surface area (Å²) in [5.41, 5.74) is 0.0403. The Bertz CT molecular complexity index is 2350. The molecule has 5 heterocycles. The fraction of sp³-hybridized carbons (Fsp3) is 0.488. The lowest BCUT2D eigenvalue weighted by Gasteiger charge is -2.63. The molecule has 312 valence electrons. The molecule has 60 heavy (non-hydrogen) atoms. The lowest BCUT2D eigenvalue weighted by atomic mass is 9.49. The van der Waals surface area contributed by atoms with E-state index in [0.29, 0.717) is 47.2 Å². The first kappa shape index (κ1) is 39.8. The number of nitriles is 1. The zero-order chi connectivity index (χ0) is 42.4. The largest absolute Gasteiger partial charge is 0.489 e. The number of piperidine rings is 2. The molecule has 9 rings (SSSR count). The number of benzene rings is 2. The highest BCUT2D eigenvalue weighted by Crippen LogP contribution is 2.56. The molecule has 0 radical (unpaired) electrons. The van der Waals surface area contributed by atoms with Crippen LogP contribution >= 0.6 is 11.6 Å². The number of aromatic nitrogens is 2. The standard InChI is InChI=1S/C43H45ClFN9O6/c1-42(2)40(43(3,4)41(42)60-23-6-5-22(16-46)29(44)13-23)50-36(56)31-17-48-34(18-47-31)53-20-27-26(28(27)21-53)19-51-9-11-52(12-10-51)33-15-25-24(14-30(33)45)38(58)54(39(25)59)32-7-8-35(55)49-37(32)57/h5-6,13-15,17-18,26-28,32,40-41H,7-12,19-21H2,1-4H3,(H,50,56)(H,49,55,57)/t26?,27-,28+,32?,40?,41?. The van der Waals surface area contributed by atoms with Crippen molar-refractivity contribution in [3.05, 3.63) is 75.9 Å². The third-order valence-corrected chi connectivity index (χ3v) is 14.0. The van der Waals surface area contributed by atoms with Gasteiger partial charge in [0, 0.05) is 75.2 Å². The van der Waals surface area contributed by atoms with Gasteiger partial charge in [-0.25, -0.2) is 14.4 Å². The first-order valence-corrected chi connectivity index (χ1v) is 20.7. The minimum Gasteiger partial charge on any atom is -0.489 e. The van der Waals surface area contributed by atoms with Gasteiger partial charge in [0.25, 0.3) is 17.7 Å². The quantitative estimate of drug-likeness (QED) is 0.299. The van der Waals surface area contributed by atoms with Gasteiger partial charge in [-0.15, -0.1) is 0 Å². The van der Waals surface area contributed by atoms with E-state index >= 15 is 4.39 Å². The van der Waals surface area contributed by atoms with Crippen molar-refractivity contribution in [1.29, 1.82) is 5.26 Å². The van der Waals surface area contributed by atoms with E-state index in [4.69, 9.17) is 16.3 Å². The van der Waals surface area contributed by atoms with E-state index in [0.717, 1.165) is 49.5 Å². The average molecular weight is 838 g/mol. The van der Waals surface area contributed by atoms with E-state index < -0.39 is 46.3 Å². The number of rotatable bonds is 9. The Hall–Kier alpha value is -5.66. The Balaban J connectivity index is 0.744. The molecule has 2 N–H and O–H groups in total. The highest BCUT2D eigenvalue weighted by atomic mass is 35.5. The molecule has 2 aliphatic carbocycles. The van der Waals surface area contributed by atoms with Crippen molar-refractivity contribution in [1.82, 2.24) is 30.4 Å². The monoisotopic (exact) mass is 837 g/mol. The third kappa shape index (κ3) is 6.62. The molecule has 3 aromatic rings. The number of carbonyl (C=O) groups excluding carboxylic acids is 5. The fourth-order valence-electron chi connectivity index (χ4n) is 10.7. The second-order valence-electron chi connectivity index (χ2n) is 18.0. The second-order valence-corrected chi connectivity index (χ2v) is 18.4. The number of hydrogen-bond acceptors (Lipinski definition) is 12. The number of fused-ring (bicyclic) bond motifs is 2. The summed E-state index contributed by atoms with van der Waals surface area (Å²) in [6, 6.07) is 8.27. The van der Waals surface area contributed by atoms with E-state index in [-0.39, 0.29) is 53.4 Å². The summed E-state index contributed by atoms with van der Waals surface area (Å²) in [4.78, 5) is 80.4. The highest BCUT2D eigenvalue weighted by Gasteiger charge is 2.64. The number of hydrogen-bond donors (Lipinski definition) is 2. The topological polar surface area (TPSA) is 181 Å². The summed E-state index contributed by atoms with van der Waals surface area (Å²) in [7, 11) is 0. The Morgan fingerprint density at radius 1 is 0.967 bits per heavy atom. The van der Waals surface area contributed by atoms with E-state index in [1.807, 2.05) is 32.6 Å². The average Bonchev–Trinajstić information content (AvgIpc) is 3.52. The van der Waals surface area contributed by atoms with E-state index in [2.05, 4.69) is 36.5 Å². The van der Waals surface area contributed by atoms with Gasteiger partial charge in [0.2, 0.25) is 11.8 Å². The van der Waals surface area contributed by atoms with Crippen molar-refractivity contribution >= 4 is 52.6 Å². The zero-order valence-electron chi connectivity index (χ0n) is 33.7. The van der Waals surface area contributed by atoms with Gasteiger partial charge in [-0.1, -0.05) is 39.3 Å². The predicted octanol–water partition coefficient (Wildman–Crippen LogP) is 3.66. The number of nitrogens with one attached hydrogen (secondary N) is 2. The molecule has 2 aromatic carbocycles. The number of amides is 5. The molecule has 17 heteroatoms. The molecule has 4 atom stereocenters. The molecule has 0 bridgehead atoms. The summed E-state index contributed by atoms with van der Waals surface area (Å²) in [5, 5.41) is 14.9. The van der Waals surface area contributed by atoms with Crippen LogP contribution in [0, 0.1) is 45.7 Å². The summed E-state index contributed by atoms with van der Waals surface area (Å²) >= 11 is 6.24. The van der Waals surface area contributed by atoms with Gasteiger partial charge in [-0.3, -0.25) is 39.1 Å².